The van der Waals surface area contributed by atoms with E-state index < -0.39 is 0 Å². The predicted octanol–water partition coefficient (Wildman–Crippen LogP) is 6.14. The molecule has 0 saturated heterocycles. The smallest absolute Gasteiger partial charge is 0.275 e. The summed E-state index contributed by atoms with van der Waals surface area (Å²) in [6.45, 7) is 8.08. The molecule has 1 heterocycles. The van der Waals surface area contributed by atoms with Crippen molar-refractivity contribution in [3.05, 3.63) is 106 Å². The lowest BCUT2D eigenvalue weighted by Crippen LogP contribution is -2.31. The van der Waals surface area contributed by atoms with Crippen LogP contribution in [-0.4, -0.2) is 5.91 Å². The van der Waals surface area contributed by atoms with E-state index in [2.05, 4.69) is 17.4 Å². The number of hydrogen-bond acceptors (Lipinski definition) is 2. The average molecular weight is 400 g/mol. The molecule has 0 saturated carbocycles. The second-order valence-corrected chi connectivity index (χ2v) is 8.10. The van der Waals surface area contributed by atoms with Crippen molar-refractivity contribution in [3.63, 3.8) is 0 Å². The number of nitrogens with zero attached hydrogens (tertiary/aromatic N) is 1. The highest BCUT2D eigenvalue weighted by atomic mass is 19.1. The van der Waals surface area contributed by atoms with Crippen molar-refractivity contribution in [2.24, 2.45) is 0 Å². The monoisotopic (exact) mass is 400 g/mol. The fourth-order valence-corrected chi connectivity index (χ4v) is 4.16. The maximum atomic E-state index is 14.0. The first-order chi connectivity index (χ1) is 14.3. The highest BCUT2D eigenvalue weighted by Gasteiger charge is 2.35. The van der Waals surface area contributed by atoms with E-state index in [0.717, 1.165) is 39.2 Å². The van der Waals surface area contributed by atoms with Crippen molar-refractivity contribution in [2.45, 2.75) is 33.7 Å². The Morgan fingerprint density at radius 2 is 1.43 bits per heavy atom. The van der Waals surface area contributed by atoms with Gasteiger partial charge in [-0.25, -0.2) is 4.39 Å². The second-order valence-electron chi connectivity index (χ2n) is 8.10. The molecule has 30 heavy (non-hydrogen) atoms. The van der Waals surface area contributed by atoms with Gasteiger partial charge in [0.05, 0.1) is 6.04 Å². The maximum Gasteiger partial charge on any atom is 0.275 e. The quantitative estimate of drug-likeness (QED) is 0.570. The third kappa shape index (κ3) is 3.99. The molecule has 1 atom stereocenters. The maximum absolute atomic E-state index is 14.0. The van der Waals surface area contributed by atoms with Crippen molar-refractivity contribution in [2.75, 3.05) is 10.2 Å². The molecule has 1 aliphatic rings. The number of nitrogens with one attached hydrogen (secondary N) is 1. The molecule has 1 amide bonds. The third-order valence-electron chi connectivity index (χ3n) is 5.23. The van der Waals surface area contributed by atoms with Crippen LogP contribution in [0.25, 0.3) is 0 Å². The van der Waals surface area contributed by atoms with E-state index in [1.165, 1.54) is 12.1 Å². The molecule has 3 aromatic carbocycles. The molecular formula is C26H25FN2O. The molecule has 0 unspecified atom stereocenters. The van der Waals surface area contributed by atoms with Gasteiger partial charge >= 0.3 is 0 Å². The molecule has 1 N–H and O–H groups in total. The molecule has 0 bridgehead atoms. The summed E-state index contributed by atoms with van der Waals surface area (Å²) in [6, 6.07) is 18.2. The third-order valence-corrected chi connectivity index (χ3v) is 5.23. The molecule has 3 nitrogen and oxygen atoms in total. The Hall–Kier alpha value is -3.40. The molecule has 1 aliphatic heterocycles. The first-order valence-electron chi connectivity index (χ1n) is 10.0. The minimum Gasteiger partial charge on any atom is -0.351 e. The number of rotatable bonds is 4. The highest BCUT2D eigenvalue weighted by molar-refractivity contribution is 6.11. The second kappa shape index (κ2) is 7.79. The molecule has 0 radical (unpaired) electrons. The molecule has 3 aromatic rings. The summed E-state index contributed by atoms with van der Waals surface area (Å²) in [7, 11) is 0. The van der Waals surface area contributed by atoms with Crippen LogP contribution in [0.2, 0.25) is 0 Å². The fraction of sp³-hybridized carbons (Fsp3) is 0.192. The van der Waals surface area contributed by atoms with Crippen molar-refractivity contribution in [3.8, 4) is 0 Å². The van der Waals surface area contributed by atoms with Gasteiger partial charge in [0.1, 0.15) is 11.5 Å². The Balaban J connectivity index is 1.78. The Morgan fingerprint density at radius 3 is 2.03 bits per heavy atom. The summed E-state index contributed by atoms with van der Waals surface area (Å²) < 4.78 is 14.0. The molecule has 4 heteroatoms. The fourth-order valence-electron chi connectivity index (χ4n) is 4.16. The molecule has 152 valence electrons. The first-order valence-corrected chi connectivity index (χ1v) is 10.0. The van der Waals surface area contributed by atoms with Gasteiger partial charge in [0.25, 0.3) is 5.91 Å². The van der Waals surface area contributed by atoms with Gasteiger partial charge in [0.15, 0.2) is 0 Å². The average Bonchev–Trinajstić information content (AvgIpc) is 2.96. The van der Waals surface area contributed by atoms with Gasteiger partial charge in [-0.1, -0.05) is 24.3 Å². The number of carbonyl (C=O) groups excluding carboxylic acids is 1. The largest absolute Gasteiger partial charge is 0.351 e. The lowest BCUT2D eigenvalue weighted by molar-refractivity contribution is -0.114. The topological polar surface area (TPSA) is 32.3 Å². The highest BCUT2D eigenvalue weighted by Crippen LogP contribution is 2.37. The number of anilines is 2. The van der Waals surface area contributed by atoms with Crippen LogP contribution in [0.15, 0.2) is 72.4 Å². The standard InChI is InChI=1S/C26H25FN2O/c1-16-8-17(2)11-22(10-16)28-24-15-25(20-6-5-7-21(27)14-20)29(26(24)30)23-12-18(3)9-19(4)13-23/h5-15,25,28H,1-4H3/t25-/m1/s1. The zero-order valence-corrected chi connectivity index (χ0v) is 17.7. The van der Waals surface area contributed by atoms with Gasteiger partial charge in [0, 0.05) is 11.4 Å². The summed E-state index contributed by atoms with van der Waals surface area (Å²) in [5, 5.41) is 3.29. The summed E-state index contributed by atoms with van der Waals surface area (Å²) in [5.74, 6) is -0.446. The van der Waals surface area contributed by atoms with E-state index in [4.69, 9.17) is 0 Å². The van der Waals surface area contributed by atoms with E-state index >= 15 is 0 Å². The van der Waals surface area contributed by atoms with Crippen molar-refractivity contribution < 1.29 is 9.18 Å². The van der Waals surface area contributed by atoms with Gasteiger partial charge in [0.2, 0.25) is 0 Å². The van der Waals surface area contributed by atoms with Crippen LogP contribution in [0, 0.1) is 33.5 Å². The number of amides is 1. The minimum absolute atomic E-state index is 0.131. The van der Waals surface area contributed by atoms with Crippen LogP contribution in [0.3, 0.4) is 0 Å². The number of halogens is 1. The molecular weight excluding hydrogens is 375 g/mol. The Labute approximate surface area is 176 Å². The number of hydrogen-bond donors (Lipinski definition) is 1. The molecule has 0 aromatic heterocycles. The van der Waals surface area contributed by atoms with Gasteiger partial charge in [-0.3, -0.25) is 9.69 Å². The summed E-state index contributed by atoms with van der Waals surface area (Å²) in [4.78, 5) is 15.2. The summed E-state index contributed by atoms with van der Waals surface area (Å²) in [5.41, 5.74) is 7.30. The zero-order chi connectivity index (χ0) is 21.4. The van der Waals surface area contributed by atoms with Crippen LogP contribution in [0.5, 0.6) is 0 Å². The van der Waals surface area contributed by atoms with E-state index in [9.17, 15) is 9.18 Å². The lowest BCUT2D eigenvalue weighted by Gasteiger charge is -2.26. The molecule has 0 spiro atoms. The van der Waals surface area contributed by atoms with Crippen LogP contribution < -0.4 is 10.2 Å². The van der Waals surface area contributed by atoms with E-state index in [0.29, 0.717) is 5.70 Å². The lowest BCUT2D eigenvalue weighted by atomic mass is 10.0. The Kier molecular flexibility index (Phi) is 5.17. The summed E-state index contributed by atoms with van der Waals surface area (Å²) in [6.07, 6.45) is 1.88. The number of benzene rings is 3. The molecule has 4 rings (SSSR count). The van der Waals surface area contributed by atoms with Gasteiger partial charge in [-0.15, -0.1) is 0 Å². The zero-order valence-electron chi connectivity index (χ0n) is 17.7. The Bertz CT molecular complexity index is 1120. The van der Waals surface area contributed by atoms with Crippen LogP contribution in [0.1, 0.15) is 33.9 Å². The van der Waals surface area contributed by atoms with Crippen LogP contribution >= 0.6 is 0 Å². The van der Waals surface area contributed by atoms with Crippen LogP contribution in [-0.2, 0) is 4.79 Å². The van der Waals surface area contributed by atoms with Crippen molar-refractivity contribution in [1.82, 2.24) is 0 Å². The first kappa shape index (κ1) is 19.9. The number of aryl methyl sites for hydroxylation is 4. The van der Waals surface area contributed by atoms with E-state index in [1.807, 2.05) is 64.1 Å². The molecule has 0 aliphatic carbocycles. The van der Waals surface area contributed by atoms with Gasteiger partial charge in [-0.2, -0.15) is 0 Å². The Morgan fingerprint density at radius 1 is 0.833 bits per heavy atom. The van der Waals surface area contributed by atoms with Crippen molar-refractivity contribution >= 4 is 17.3 Å². The summed E-state index contributed by atoms with van der Waals surface area (Å²) >= 11 is 0. The van der Waals surface area contributed by atoms with Gasteiger partial charge in [-0.05, 0) is 98.0 Å². The van der Waals surface area contributed by atoms with E-state index in [-0.39, 0.29) is 17.8 Å². The predicted molar refractivity (Wildman–Crippen MR) is 120 cm³/mol. The van der Waals surface area contributed by atoms with Crippen molar-refractivity contribution in [1.29, 1.82) is 0 Å². The SMILES string of the molecule is Cc1cc(C)cc(NC2=C[C@H](c3cccc(F)c3)N(c3cc(C)cc(C)c3)C2=O)c1. The number of carbonyl (C=O) groups is 1. The molecule has 0 fully saturated rings. The van der Waals surface area contributed by atoms with Gasteiger partial charge < -0.3 is 5.32 Å². The van der Waals surface area contributed by atoms with E-state index in [1.54, 1.807) is 11.0 Å². The minimum atomic E-state index is -0.386. The van der Waals surface area contributed by atoms with Crippen LogP contribution in [0.4, 0.5) is 15.8 Å². The normalized spacial score (nSPS) is 16.0.